The molecule has 5 heteroatoms. The summed E-state index contributed by atoms with van der Waals surface area (Å²) in [7, 11) is 0. The van der Waals surface area contributed by atoms with Crippen LogP contribution >= 0.6 is 0 Å². The van der Waals surface area contributed by atoms with Gasteiger partial charge in [0.1, 0.15) is 5.82 Å². The molecule has 5 nitrogen and oxygen atoms in total. The number of anilines is 1. The SMILES string of the molecule is CCNc1cc(C(=O)NC2CC3CCC2O3)cc(CC)n1. The molecule has 0 saturated carbocycles. The van der Waals surface area contributed by atoms with Crippen molar-refractivity contribution in [2.75, 3.05) is 11.9 Å². The van der Waals surface area contributed by atoms with Gasteiger partial charge >= 0.3 is 0 Å². The lowest BCUT2D eigenvalue weighted by molar-refractivity contribution is 0.0841. The predicted molar refractivity (Wildman–Crippen MR) is 81.5 cm³/mol. The minimum Gasteiger partial charge on any atom is -0.373 e. The van der Waals surface area contributed by atoms with Gasteiger partial charge in [-0.2, -0.15) is 0 Å². The van der Waals surface area contributed by atoms with Gasteiger partial charge in [0.05, 0.1) is 18.2 Å². The van der Waals surface area contributed by atoms with Crippen LogP contribution in [0.2, 0.25) is 0 Å². The molecule has 3 rings (SSSR count). The molecule has 2 saturated heterocycles. The van der Waals surface area contributed by atoms with E-state index in [9.17, 15) is 4.79 Å². The largest absolute Gasteiger partial charge is 0.373 e. The number of nitrogens with zero attached hydrogens (tertiary/aromatic N) is 1. The lowest BCUT2D eigenvalue weighted by Crippen LogP contribution is -2.41. The minimum absolute atomic E-state index is 0.0209. The van der Waals surface area contributed by atoms with E-state index in [-0.39, 0.29) is 18.1 Å². The quantitative estimate of drug-likeness (QED) is 0.871. The molecule has 2 N–H and O–H groups in total. The molecule has 1 aromatic heterocycles. The van der Waals surface area contributed by atoms with Crippen LogP contribution in [-0.2, 0) is 11.2 Å². The molecule has 3 atom stereocenters. The highest BCUT2D eigenvalue weighted by molar-refractivity contribution is 5.95. The van der Waals surface area contributed by atoms with E-state index in [1.54, 1.807) is 0 Å². The number of carbonyl (C=O) groups is 1. The summed E-state index contributed by atoms with van der Waals surface area (Å²) >= 11 is 0. The molecular weight excluding hydrogens is 266 g/mol. The first-order chi connectivity index (χ1) is 10.2. The number of hydrogen-bond donors (Lipinski definition) is 2. The van der Waals surface area contributed by atoms with Crippen molar-refractivity contribution in [1.82, 2.24) is 10.3 Å². The average Bonchev–Trinajstić information content (AvgIpc) is 3.09. The Morgan fingerprint density at radius 3 is 2.86 bits per heavy atom. The highest BCUT2D eigenvalue weighted by atomic mass is 16.5. The van der Waals surface area contributed by atoms with Crippen molar-refractivity contribution in [3.63, 3.8) is 0 Å². The summed E-state index contributed by atoms with van der Waals surface area (Å²) in [5.41, 5.74) is 1.61. The minimum atomic E-state index is -0.0209. The van der Waals surface area contributed by atoms with Crippen molar-refractivity contribution >= 4 is 11.7 Å². The molecule has 21 heavy (non-hydrogen) atoms. The summed E-state index contributed by atoms with van der Waals surface area (Å²) in [6, 6.07) is 3.87. The number of aryl methyl sites for hydroxylation is 1. The Morgan fingerprint density at radius 1 is 1.38 bits per heavy atom. The molecule has 0 aromatic carbocycles. The van der Waals surface area contributed by atoms with Gasteiger partial charge in [0.25, 0.3) is 5.91 Å². The molecule has 0 radical (unpaired) electrons. The number of nitrogens with one attached hydrogen (secondary N) is 2. The van der Waals surface area contributed by atoms with E-state index < -0.39 is 0 Å². The predicted octanol–water partition coefficient (Wildman–Crippen LogP) is 2.13. The topological polar surface area (TPSA) is 63.2 Å². The molecule has 2 bridgehead atoms. The Labute approximate surface area is 125 Å². The maximum Gasteiger partial charge on any atom is 0.251 e. The molecule has 0 aliphatic carbocycles. The summed E-state index contributed by atoms with van der Waals surface area (Å²) in [5, 5.41) is 6.31. The van der Waals surface area contributed by atoms with Crippen LogP contribution in [0, 0.1) is 0 Å². The van der Waals surface area contributed by atoms with Crippen LogP contribution in [0.4, 0.5) is 5.82 Å². The second-order valence-corrected chi connectivity index (χ2v) is 5.81. The van der Waals surface area contributed by atoms with Gasteiger partial charge in [0.2, 0.25) is 0 Å². The molecule has 1 aromatic rings. The fourth-order valence-corrected chi connectivity index (χ4v) is 3.21. The first kappa shape index (κ1) is 14.3. The molecule has 114 valence electrons. The number of carbonyl (C=O) groups excluding carboxylic acids is 1. The van der Waals surface area contributed by atoms with E-state index in [4.69, 9.17) is 4.74 Å². The number of fused-ring (bicyclic) bond motifs is 2. The molecular formula is C16H23N3O2. The summed E-state index contributed by atoms with van der Waals surface area (Å²) in [6.07, 6.45) is 4.52. The zero-order valence-electron chi connectivity index (χ0n) is 12.7. The number of pyridine rings is 1. The molecule has 2 aliphatic rings. The van der Waals surface area contributed by atoms with Gasteiger partial charge in [0, 0.05) is 17.8 Å². The Balaban J connectivity index is 1.72. The van der Waals surface area contributed by atoms with Gasteiger partial charge in [-0.15, -0.1) is 0 Å². The molecule has 1 amide bonds. The van der Waals surface area contributed by atoms with Crippen LogP contribution in [0.1, 0.15) is 49.2 Å². The molecule has 3 unspecified atom stereocenters. The van der Waals surface area contributed by atoms with Crippen LogP contribution in [-0.4, -0.2) is 35.7 Å². The monoisotopic (exact) mass is 289 g/mol. The van der Waals surface area contributed by atoms with Crippen LogP contribution < -0.4 is 10.6 Å². The Kier molecular flexibility index (Phi) is 4.10. The molecule has 3 heterocycles. The van der Waals surface area contributed by atoms with Crippen LogP contribution in [0.15, 0.2) is 12.1 Å². The van der Waals surface area contributed by atoms with E-state index in [0.29, 0.717) is 11.7 Å². The van der Waals surface area contributed by atoms with E-state index >= 15 is 0 Å². The molecule has 0 spiro atoms. The highest BCUT2D eigenvalue weighted by Crippen LogP contribution is 2.34. The van der Waals surface area contributed by atoms with E-state index in [0.717, 1.165) is 43.7 Å². The normalized spacial score (nSPS) is 26.9. The first-order valence-electron chi connectivity index (χ1n) is 7.90. The van der Waals surface area contributed by atoms with Crippen LogP contribution in [0.25, 0.3) is 0 Å². The number of aromatic nitrogens is 1. The first-order valence-corrected chi connectivity index (χ1v) is 7.90. The van der Waals surface area contributed by atoms with Crippen molar-refractivity contribution in [3.05, 3.63) is 23.4 Å². The third kappa shape index (κ3) is 3.02. The average molecular weight is 289 g/mol. The summed E-state index contributed by atoms with van der Waals surface area (Å²) in [4.78, 5) is 17.0. The maximum atomic E-state index is 12.5. The van der Waals surface area contributed by atoms with Crippen molar-refractivity contribution in [2.45, 2.75) is 57.8 Å². The smallest absolute Gasteiger partial charge is 0.251 e. The Bertz CT molecular complexity index is 532. The standard InChI is InChI=1S/C16H23N3O2/c1-3-11-7-10(8-15(18-11)17-4-2)16(20)19-13-9-12-5-6-14(13)21-12/h7-8,12-14H,3-6,9H2,1-2H3,(H,17,18)(H,19,20). The number of ether oxygens (including phenoxy) is 1. The van der Waals surface area contributed by atoms with Gasteiger partial charge in [-0.3, -0.25) is 4.79 Å². The number of rotatable bonds is 5. The summed E-state index contributed by atoms with van der Waals surface area (Å²) in [5.74, 6) is 0.749. The van der Waals surface area contributed by atoms with Crippen LogP contribution in [0.3, 0.4) is 0 Å². The van der Waals surface area contributed by atoms with Crippen molar-refractivity contribution in [1.29, 1.82) is 0 Å². The van der Waals surface area contributed by atoms with E-state index in [2.05, 4.69) is 15.6 Å². The van der Waals surface area contributed by atoms with Gasteiger partial charge in [-0.1, -0.05) is 6.92 Å². The van der Waals surface area contributed by atoms with Gasteiger partial charge in [0.15, 0.2) is 0 Å². The number of amides is 1. The van der Waals surface area contributed by atoms with Crippen LogP contribution in [0.5, 0.6) is 0 Å². The van der Waals surface area contributed by atoms with E-state index in [1.165, 1.54) is 0 Å². The summed E-state index contributed by atoms with van der Waals surface area (Å²) < 4.78 is 5.79. The lowest BCUT2D eigenvalue weighted by atomic mass is 9.95. The second-order valence-electron chi connectivity index (χ2n) is 5.81. The van der Waals surface area contributed by atoms with Gasteiger partial charge in [-0.05, 0) is 44.7 Å². The van der Waals surface area contributed by atoms with Gasteiger partial charge < -0.3 is 15.4 Å². The van der Waals surface area contributed by atoms with Crippen molar-refractivity contribution < 1.29 is 9.53 Å². The van der Waals surface area contributed by atoms with Gasteiger partial charge in [-0.25, -0.2) is 4.98 Å². The third-order valence-corrected chi connectivity index (χ3v) is 4.28. The second kappa shape index (κ2) is 6.02. The lowest BCUT2D eigenvalue weighted by Gasteiger charge is -2.20. The highest BCUT2D eigenvalue weighted by Gasteiger charge is 2.41. The fraction of sp³-hybridized carbons (Fsp3) is 0.625. The third-order valence-electron chi connectivity index (χ3n) is 4.28. The fourth-order valence-electron chi connectivity index (χ4n) is 3.21. The maximum absolute atomic E-state index is 12.5. The van der Waals surface area contributed by atoms with Crippen molar-refractivity contribution in [3.8, 4) is 0 Å². The Morgan fingerprint density at radius 2 is 2.24 bits per heavy atom. The molecule has 2 fully saturated rings. The summed E-state index contributed by atoms with van der Waals surface area (Å²) in [6.45, 7) is 4.86. The van der Waals surface area contributed by atoms with Crippen molar-refractivity contribution in [2.24, 2.45) is 0 Å². The zero-order valence-corrected chi connectivity index (χ0v) is 12.7. The molecule has 2 aliphatic heterocycles. The zero-order chi connectivity index (χ0) is 14.8. The van der Waals surface area contributed by atoms with E-state index in [1.807, 2.05) is 26.0 Å². The Hall–Kier alpha value is -1.62. The number of hydrogen-bond acceptors (Lipinski definition) is 4.